The molecule has 5 nitrogen and oxygen atoms in total. The van der Waals surface area contributed by atoms with Crippen LogP contribution in [0.2, 0.25) is 0 Å². The summed E-state index contributed by atoms with van der Waals surface area (Å²) in [7, 11) is -3.42. The number of carbonyl (C=O) groups excluding carboxylic acids is 1. The first-order valence-electron chi connectivity index (χ1n) is 7.81. The lowest BCUT2D eigenvalue weighted by atomic mass is 10.1. The summed E-state index contributed by atoms with van der Waals surface area (Å²) in [6.07, 6.45) is 0. The maximum Gasteiger partial charge on any atom is 0.254 e. The Morgan fingerprint density at radius 3 is 2.42 bits per heavy atom. The van der Waals surface area contributed by atoms with Crippen molar-refractivity contribution in [2.24, 2.45) is 0 Å². The van der Waals surface area contributed by atoms with Gasteiger partial charge >= 0.3 is 0 Å². The van der Waals surface area contributed by atoms with E-state index in [4.69, 9.17) is 0 Å². The van der Waals surface area contributed by atoms with Gasteiger partial charge in [0.05, 0.1) is 5.56 Å². The molecule has 2 aromatic rings. The van der Waals surface area contributed by atoms with Crippen LogP contribution < -0.4 is 0 Å². The van der Waals surface area contributed by atoms with E-state index < -0.39 is 10.0 Å². The van der Waals surface area contributed by atoms with Crippen molar-refractivity contribution in [2.45, 2.75) is 24.0 Å². The summed E-state index contributed by atoms with van der Waals surface area (Å²) in [5, 5.41) is 3.65. The zero-order valence-corrected chi connectivity index (χ0v) is 16.1. The second-order valence-electron chi connectivity index (χ2n) is 6.02. The molecule has 0 saturated carbocycles. The first-order valence-corrected chi connectivity index (χ1v) is 11.0. The van der Waals surface area contributed by atoms with Crippen LogP contribution in [0.3, 0.4) is 0 Å². The minimum atomic E-state index is -3.42. The van der Waals surface area contributed by atoms with Crippen LogP contribution in [-0.2, 0) is 10.0 Å². The van der Waals surface area contributed by atoms with Crippen LogP contribution in [0.1, 0.15) is 35.0 Å². The molecule has 8 heteroatoms. The number of hydrogen-bond donors (Lipinski definition) is 0. The summed E-state index contributed by atoms with van der Waals surface area (Å²) < 4.78 is 26.8. The van der Waals surface area contributed by atoms with Crippen LogP contribution >= 0.6 is 22.7 Å². The van der Waals surface area contributed by atoms with Gasteiger partial charge in [-0.25, -0.2) is 8.42 Å². The van der Waals surface area contributed by atoms with Crippen molar-refractivity contribution in [3.05, 3.63) is 39.4 Å². The molecule has 0 aliphatic carbocycles. The van der Waals surface area contributed by atoms with Crippen LogP contribution in [0.5, 0.6) is 0 Å². The highest BCUT2D eigenvalue weighted by Crippen LogP contribution is 2.25. The van der Waals surface area contributed by atoms with Gasteiger partial charge in [-0.05, 0) is 23.4 Å². The topological polar surface area (TPSA) is 57.7 Å². The molecule has 0 radical (unpaired) electrons. The van der Waals surface area contributed by atoms with Gasteiger partial charge < -0.3 is 4.90 Å². The maximum absolute atomic E-state index is 12.6. The van der Waals surface area contributed by atoms with E-state index in [0.717, 1.165) is 0 Å². The Bertz CT molecular complexity index is 802. The molecule has 1 amide bonds. The lowest BCUT2D eigenvalue weighted by Gasteiger charge is -2.33. The fourth-order valence-electron chi connectivity index (χ4n) is 2.62. The monoisotopic (exact) mass is 384 g/mol. The second-order valence-corrected chi connectivity index (χ2v) is 10.1. The van der Waals surface area contributed by atoms with Gasteiger partial charge in [0.15, 0.2) is 0 Å². The molecule has 0 N–H and O–H groups in total. The molecule has 0 unspecified atom stereocenters. The molecule has 0 atom stereocenters. The molecule has 24 heavy (non-hydrogen) atoms. The average Bonchev–Trinajstić information content (AvgIpc) is 3.26. The van der Waals surface area contributed by atoms with Crippen molar-refractivity contribution < 1.29 is 13.2 Å². The first-order chi connectivity index (χ1) is 11.4. The van der Waals surface area contributed by atoms with Crippen molar-refractivity contribution in [2.75, 3.05) is 26.2 Å². The summed E-state index contributed by atoms with van der Waals surface area (Å²) in [4.78, 5) is 15.5. The summed E-state index contributed by atoms with van der Waals surface area (Å²) >= 11 is 2.82. The third kappa shape index (κ3) is 3.42. The Labute approximate surface area is 150 Å². The zero-order chi connectivity index (χ0) is 17.3. The maximum atomic E-state index is 12.6. The third-order valence-electron chi connectivity index (χ3n) is 4.05. The van der Waals surface area contributed by atoms with Gasteiger partial charge in [-0.2, -0.15) is 4.31 Å². The number of carbonyl (C=O) groups is 1. The van der Waals surface area contributed by atoms with Crippen LogP contribution in [0, 0.1) is 0 Å². The largest absolute Gasteiger partial charge is 0.336 e. The predicted octanol–water partition coefficient (Wildman–Crippen LogP) is 3.08. The highest BCUT2D eigenvalue weighted by atomic mass is 32.2. The van der Waals surface area contributed by atoms with E-state index in [9.17, 15) is 13.2 Å². The average molecular weight is 385 g/mol. The SMILES string of the molecule is CC(C)c1cc(C(=O)N2CCN(S(=O)(=O)c3cccs3)CC2)cs1. The van der Waals surface area contributed by atoms with Gasteiger partial charge in [0, 0.05) is 36.4 Å². The van der Waals surface area contributed by atoms with E-state index in [2.05, 4.69) is 13.8 Å². The van der Waals surface area contributed by atoms with Gasteiger partial charge in [0.1, 0.15) is 4.21 Å². The van der Waals surface area contributed by atoms with Gasteiger partial charge in [-0.15, -0.1) is 22.7 Å². The van der Waals surface area contributed by atoms with Crippen molar-refractivity contribution >= 4 is 38.6 Å². The van der Waals surface area contributed by atoms with Gasteiger partial charge in [0.25, 0.3) is 15.9 Å². The molecule has 0 aromatic carbocycles. The van der Waals surface area contributed by atoms with E-state index in [1.807, 2.05) is 11.4 Å². The van der Waals surface area contributed by atoms with Crippen molar-refractivity contribution in [3.8, 4) is 0 Å². The molecule has 1 aliphatic heterocycles. The van der Waals surface area contributed by atoms with Crippen LogP contribution in [0.4, 0.5) is 0 Å². The first kappa shape index (κ1) is 17.6. The van der Waals surface area contributed by atoms with E-state index >= 15 is 0 Å². The summed E-state index contributed by atoms with van der Waals surface area (Å²) in [5.41, 5.74) is 0.707. The number of thiophene rings is 2. The molecule has 3 rings (SSSR count). The highest BCUT2D eigenvalue weighted by molar-refractivity contribution is 7.91. The van der Waals surface area contributed by atoms with Gasteiger partial charge in [-0.1, -0.05) is 19.9 Å². The van der Waals surface area contributed by atoms with Crippen LogP contribution in [0.25, 0.3) is 0 Å². The molecule has 3 heterocycles. The van der Waals surface area contributed by atoms with Gasteiger partial charge in [-0.3, -0.25) is 4.79 Å². The lowest BCUT2D eigenvalue weighted by molar-refractivity contribution is 0.0698. The minimum Gasteiger partial charge on any atom is -0.336 e. The molecular weight excluding hydrogens is 364 g/mol. The van der Waals surface area contributed by atoms with Gasteiger partial charge in [0.2, 0.25) is 0 Å². The standard InChI is InChI=1S/C16H20N2O3S3/c1-12(2)14-10-13(11-23-14)16(19)17-5-7-18(8-6-17)24(20,21)15-4-3-9-22-15/h3-4,9-12H,5-8H2,1-2H3. The van der Waals surface area contributed by atoms with E-state index in [-0.39, 0.29) is 5.91 Å². The number of nitrogens with zero attached hydrogens (tertiary/aromatic N) is 2. The third-order valence-corrected chi connectivity index (χ3v) is 8.56. The van der Waals surface area contributed by atoms with E-state index in [1.54, 1.807) is 33.7 Å². The Hall–Kier alpha value is -1.22. The van der Waals surface area contributed by atoms with E-state index in [1.165, 1.54) is 20.5 Å². The number of rotatable bonds is 4. The highest BCUT2D eigenvalue weighted by Gasteiger charge is 2.31. The molecule has 130 valence electrons. The summed E-state index contributed by atoms with van der Waals surface area (Å²) in [6.45, 7) is 5.75. The number of piperazine rings is 1. The van der Waals surface area contributed by atoms with Crippen molar-refractivity contribution in [1.82, 2.24) is 9.21 Å². The Balaban J connectivity index is 1.65. The van der Waals surface area contributed by atoms with Crippen LogP contribution in [-0.4, -0.2) is 49.7 Å². The quantitative estimate of drug-likeness (QED) is 0.814. The predicted molar refractivity (Wildman–Crippen MR) is 97.4 cm³/mol. The van der Waals surface area contributed by atoms with Crippen LogP contribution in [0.15, 0.2) is 33.2 Å². The van der Waals surface area contributed by atoms with Crippen molar-refractivity contribution in [1.29, 1.82) is 0 Å². The van der Waals surface area contributed by atoms with E-state index in [0.29, 0.717) is 41.9 Å². The Morgan fingerprint density at radius 1 is 1.17 bits per heavy atom. The molecule has 1 aliphatic rings. The fourth-order valence-corrected chi connectivity index (χ4v) is 6.09. The Kier molecular flexibility index (Phi) is 5.10. The molecule has 2 aromatic heterocycles. The second kappa shape index (κ2) is 6.95. The molecule has 1 fully saturated rings. The molecule has 0 bridgehead atoms. The smallest absolute Gasteiger partial charge is 0.254 e. The lowest BCUT2D eigenvalue weighted by Crippen LogP contribution is -2.50. The summed E-state index contributed by atoms with van der Waals surface area (Å²) in [5.74, 6) is 0.399. The van der Waals surface area contributed by atoms with Crippen molar-refractivity contribution in [3.63, 3.8) is 0 Å². The number of amides is 1. The normalized spacial score (nSPS) is 16.7. The fraction of sp³-hybridized carbons (Fsp3) is 0.438. The molecule has 0 spiro atoms. The minimum absolute atomic E-state index is 0.00804. The Morgan fingerprint density at radius 2 is 1.88 bits per heavy atom. The molecular formula is C16H20N2O3S3. The summed E-state index contributed by atoms with van der Waals surface area (Å²) in [6, 6.07) is 5.31. The number of hydrogen-bond acceptors (Lipinski definition) is 5. The zero-order valence-electron chi connectivity index (χ0n) is 13.6. The number of sulfonamides is 1. The molecule has 1 saturated heterocycles.